The highest BCUT2D eigenvalue weighted by molar-refractivity contribution is 8.00. The molecule has 0 saturated carbocycles. The van der Waals surface area contributed by atoms with Gasteiger partial charge >= 0.3 is 5.97 Å². The van der Waals surface area contributed by atoms with Gasteiger partial charge in [0.2, 0.25) is 11.8 Å². The molecule has 6 nitrogen and oxygen atoms in total. The fourth-order valence-corrected chi connectivity index (χ4v) is 3.17. The van der Waals surface area contributed by atoms with Gasteiger partial charge in [-0.25, -0.2) is 0 Å². The van der Waals surface area contributed by atoms with Gasteiger partial charge < -0.3 is 15.4 Å². The predicted molar refractivity (Wildman–Crippen MR) is 121 cm³/mol. The summed E-state index contributed by atoms with van der Waals surface area (Å²) in [6.07, 6.45) is 1.07. The lowest BCUT2D eigenvalue weighted by atomic mass is 10.1. The molecule has 2 aromatic carbocycles. The minimum Gasteiger partial charge on any atom is -0.463 e. The van der Waals surface area contributed by atoms with Crippen molar-refractivity contribution in [3.05, 3.63) is 65.2 Å². The molecule has 0 bridgehead atoms. The van der Waals surface area contributed by atoms with Crippen LogP contribution in [0.4, 0.5) is 5.69 Å². The maximum Gasteiger partial charge on any atom is 0.315 e. The lowest BCUT2D eigenvalue weighted by Crippen LogP contribution is -2.28. The van der Waals surface area contributed by atoms with E-state index in [0.717, 1.165) is 16.8 Å². The van der Waals surface area contributed by atoms with Crippen molar-refractivity contribution in [1.29, 1.82) is 0 Å². The molecular formula is C23H28N2O4S. The minimum atomic E-state index is -0.406. The fourth-order valence-electron chi connectivity index (χ4n) is 2.56. The van der Waals surface area contributed by atoms with Gasteiger partial charge in [0.15, 0.2) is 0 Å². The molecule has 0 radical (unpaired) electrons. The van der Waals surface area contributed by atoms with Crippen LogP contribution in [-0.4, -0.2) is 42.4 Å². The van der Waals surface area contributed by atoms with Crippen molar-refractivity contribution in [1.82, 2.24) is 5.32 Å². The summed E-state index contributed by atoms with van der Waals surface area (Å²) in [5.41, 5.74) is 4.15. The first-order chi connectivity index (χ1) is 14.4. The number of nitrogens with one attached hydrogen (secondary N) is 2. The first-order valence-electron chi connectivity index (χ1n) is 9.84. The number of hydrogen-bond acceptors (Lipinski definition) is 5. The van der Waals surface area contributed by atoms with E-state index in [4.69, 9.17) is 4.74 Å². The molecular weight excluding hydrogens is 400 g/mol. The SMILES string of the molecule is Cc1ccc(CCC(=O)NCCOC(=O)CSCC(=O)Nc2ccc(C)cc2)cc1. The summed E-state index contributed by atoms with van der Waals surface area (Å²) in [6.45, 7) is 4.39. The lowest BCUT2D eigenvalue weighted by molar-refractivity contribution is -0.140. The summed E-state index contributed by atoms with van der Waals surface area (Å²) in [4.78, 5) is 35.4. The maximum atomic E-state index is 11.9. The average molecular weight is 429 g/mol. The third kappa shape index (κ3) is 9.60. The Morgan fingerprint density at radius 2 is 1.50 bits per heavy atom. The zero-order valence-corrected chi connectivity index (χ0v) is 18.2. The topological polar surface area (TPSA) is 84.5 Å². The number of aryl methyl sites for hydroxylation is 3. The number of esters is 1. The number of carbonyl (C=O) groups excluding carboxylic acids is 3. The summed E-state index contributed by atoms with van der Waals surface area (Å²) in [7, 11) is 0. The Hall–Kier alpha value is -2.80. The number of hydrogen-bond donors (Lipinski definition) is 2. The van der Waals surface area contributed by atoms with E-state index in [1.807, 2.05) is 62.4 Å². The Morgan fingerprint density at radius 3 is 2.17 bits per heavy atom. The van der Waals surface area contributed by atoms with Crippen molar-refractivity contribution in [2.24, 2.45) is 0 Å². The first-order valence-corrected chi connectivity index (χ1v) is 11.0. The number of anilines is 1. The van der Waals surface area contributed by atoms with E-state index >= 15 is 0 Å². The Morgan fingerprint density at radius 1 is 0.867 bits per heavy atom. The van der Waals surface area contributed by atoms with Crippen LogP contribution in [0.2, 0.25) is 0 Å². The van der Waals surface area contributed by atoms with E-state index in [1.54, 1.807) is 0 Å². The second kappa shape index (κ2) is 12.7. The highest BCUT2D eigenvalue weighted by Gasteiger charge is 2.08. The van der Waals surface area contributed by atoms with Gasteiger partial charge in [-0.05, 0) is 38.0 Å². The molecule has 0 aromatic heterocycles. The molecule has 0 fully saturated rings. The third-order valence-electron chi connectivity index (χ3n) is 4.24. The van der Waals surface area contributed by atoms with Crippen molar-refractivity contribution in [2.75, 3.05) is 30.0 Å². The van der Waals surface area contributed by atoms with Gasteiger partial charge in [-0.15, -0.1) is 11.8 Å². The molecule has 0 unspecified atom stereocenters. The van der Waals surface area contributed by atoms with Crippen LogP contribution in [0.1, 0.15) is 23.1 Å². The van der Waals surface area contributed by atoms with Crippen LogP contribution in [0.15, 0.2) is 48.5 Å². The summed E-state index contributed by atoms with van der Waals surface area (Å²) in [5, 5.41) is 5.51. The van der Waals surface area contributed by atoms with Crippen molar-refractivity contribution in [3.63, 3.8) is 0 Å². The van der Waals surface area contributed by atoms with Gasteiger partial charge in [-0.2, -0.15) is 0 Å². The second-order valence-corrected chi connectivity index (χ2v) is 7.95. The largest absolute Gasteiger partial charge is 0.463 e. The van der Waals surface area contributed by atoms with E-state index in [1.165, 1.54) is 17.3 Å². The number of amides is 2. The van der Waals surface area contributed by atoms with Crippen molar-refractivity contribution >= 4 is 35.2 Å². The normalized spacial score (nSPS) is 10.3. The molecule has 160 valence electrons. The zero-order valence-electron chi connectivity index (χ0n) is 17.4. The molecule has 2 aromatic rings. The molecule has 2 N–H and O–H groups in total. The van der Waals surface area contributed by atoms with E-state index in [0.29, 0.717) is 12.8 Å². The zero-order chi connectivity index (χ0) is 21.8. The van der Waals surface area contributed by atoms with E-state index < -0.39 is 5.97 Å². The summed E-state index contributed by atoms with van der Waals surface area (Å²) < 4.78 is 5.08. The van der Waals surface area contributed by atoms with Crippen LogP contribution in [0.3, 0.4) is 0 Å². The number of thioether (sulfide) groups is 1. The van der Waals surface area contributed by atoms with E-state index in [2.05, 4.69) is 10.6 Å². The summed E-state index contributed by atoms with van der Waals surface area (Å²) in [5.74, 6) is -0.398. The van der Waals surface area contributed by atoms with Gasteiger partial charge in [0.1, 0.15) is 6.61 Å². The summed E-state index contributed by atoms with van der Waals surface area (Å²) >= 11 is 1.19. The maximum absolute atomic E-state index is 11.9. The van der Waals surface area contributed by atoms with Gasteiger partial charge in [0, 0.05) is 12.1 Å². The highest BCUT2D eigenvalue weighted by Crippen LogP contribution is 2.10. The Labute approximate surface area is 181 Å². The lowest BCUT2D eigenvalue weighted by Gasteiger charge is -2.08. The molecule has 2 rings (SSSR count). The quantitative estimate of drug-likeness (QED) is 0.424. The molecule has 2 amide bonds. The molecule has 0 aliphatic heterocycles. The van der Waals surface area contributed by atoms with Crippen LogP contribution in [0, 0.1) is 13.8 Å². The molecule has 0 spiro atoms. The molecule has 0 atom stereocenters. The van der Waals surface area contributed by atoms with Gasteiger partial charge in [-0.3, -0.25) is 14.4 Å². The minimum absolute atomic E-state index is 0.0752. The number of ether oxygens (including phenoxy) is 1. The fraction of sp³-hybridized carbons (Fsp3) is 0.348. The monoisotopic (exact) mass is 428 g/mol. The predicted octanol–water partition coefficient (Wildman–Crippen LogP) is 3.27. The smallest absolute Gasteiger partial charge is 0.315 e. The van der Waals surface area contributed by atoms with Gasteiger partial charge in [0.25, 0.3) is 0 Å². The Balaban J connectivity index is 1.50. The number of benzene rings is 2. The summed E-state index contributed by atoms with van der Waals surface area (Å²) in [6, 6.07) is 15.6. The molecule has 0 aliphatic rings. The van der Waals surface area contributed by atoms with Crippen LogP contribution < -0.4 is 10.6 Å². The highest BCUT2D eigenvalue weighted by atomic mass is 32.2. The van der Waals surface area contributed by atoms with Crippen LogP contribution in [-0.2, 0) is 25.5 Å². The van der Waals surface area contributed by atoms with Crippen molar-refractivity contribution < 1.29 is 19.1 Å². The first kappa shape index (κ1) is 23.5. The molecule has 0 saturated heterocycles. The average Bonchev–Trinajstić information content (AvgIpc) is 2.72. The Kier molecular flexibility index (Phi) is 9.94. The van der Waals surface area contributed by atoms with Gasteiger partial charge in [0.05, 0.1) is 18.1 Å². The molecule has 30 heavy (non-hydrogen) atoms. The molecule has 0 aliphatic carbocycles. The van der Waals surface area contributed by atoms with Crippen molar-refractivity contribution in [3.8, 4) is 0 Å². The van der Waals surface area contributed by atoms with E-state index in [-0.39, 0.29) is 36.5 Å². The number of rotatable bonds is 11. The van der Waals surface area contributed by atoms with Crippen LogP contribution in [0.25, 0.3) is 0 Å². The van der Waals surface area contributed by atoms with Crippen LogP contribution in [0.5, 0.6) is 0 Å². The molecule has 0 heterocycles. The standard InChI is InChI=1S/C23H28N2O4S/c1-17-3-7-19(8-4-17)9-12-21(26)24-13-14-29-23(28)16-30-15-22(27)25-20-10-5-18(2)6-11-20/h3-8,10-11H,9,12-16H2,1-2H3,(H,24,26)(H,25,27). The van der Waals surface area contributed by atoms with Crippen molar-refractivity contribution in [2.45, 2.75) is 26.7 Å². The third-order valence-corrected chi connectivity index (χ3v) is 5.14. The number of carbonyl (C=O) groups is 3. The van der Waals surface area contributed by atoms with E-state index in [9.17, 15) is 14.4 Å². The van der Waals surface area contributed by atoms with Gasteiger partial charge in [-0.1, -0.05) is 47.5 Å². The second-order valence-electron chi connectivity index (χ2n) is 6.96. The Bertz CT molecular complexity index is 835. The molecule has 7 heteroatoms. The van der Waals surface area contributed by atoms with Crippen LogP contribution >= 0.6 is 11.8 Å².